The van der Waals surface area contributed by atoms with E-state index in [-0.39, 0.29) is 36.1 Å². The normalized spacial score (nSPS) is 21.1. The van der Waals surface area contributed by atoms with Crippen LogP contribution in [-0.2, 0) is 4.79 Å². The number of carboxylic acid groups (broad SMARTS) is 1. The van der Waals surface area contributed by atoms with Crippen molar-refractivity contribution in [3.8, 4) is 0 Å². The number of fused-ring (bicyclic) bond motifs is 1. The molecule has 0 unspecified atom stereocenters. The fourth-order valence-corrected chi connectivity index (χ4v) is 3.35. The van der Waals surface area contributed by atoms with Crippen molar-refractivity contribution in [3.63, 3.8) is 0 Å². The van der Waals surface area contributed by atoms with Gasteiger partial charge in [-0.1, -0.05) is 24.3 Å². The van der Waals surface area contributed by atoms with Crippen LogP contribution < -0.4 is 0 Å². The third kappa shape index (κ3) is 3.03. The zero-order valence-corrected chi connectivity index (χ0v) is 13.3. The molecule has 1 heterocycles. The van der Waals surface area contributed by atoms with Gasteiger partial charge in [0.05, 0.1) is 11.1 Å². The van der Waals surface area contributed by atoms with Gasteiger partial charge in [0, 0.05) is 6.04 Å². The van der Waals surface area contributed by atoms with Crippen molar-refractivity contribution >= 4 is 18.3 Å². The molecule has 0 radical (unpaired) electrons. The van der Waals surface area contributed by atoms with E-state index in [1.165, 1.54) is 17.0 Å². The van der Waals surface area contributed by atoms with Crippen LogP contribution in [0, 0.1) is 5.82 Å². The summed E-state index contributed by atoms with van der Waals surface area (Å²) in [5.41, 5.74) is 2.06. The molecule has 0 aromatic heterocycles. The molecule has 0 bridgehead atoms. The Hall–Kier alpha value is -3.02. The molecule has 1 aliphatic heterocycles. The van der Waals surface area contributed by atoms with Gasteiger partial charge >= 0.3 is 0 Å². The van der Waals surface area contributed by atoms with Gasteiger partial charge in [0.1, 0.15) is 5.82 Å². The van der Waals surface area contributed by atoms with Crippen molar-refractivity contribution in [1.82, 2.24) is 4.90 Å². The lowest BCUT2D eigenvalue weighted by Crippen LogP contribution is -2.46. The average molecular weight is 341 g/mol. The van der Waals surface area contributed by atoms with Gasteiger partial charge < -0.3 is 5.11 Å². The summed E-state index contributed by atoms with van der Waals surface area (Å²) in [6, 6.07) is 13.3. The maximum atomic E-state index is 13.0. The smallest absolute Gasteiger partial charge is 0.290 e. The molecule has 1 N–H and O–H groups in total. The van der Waals surface area contributed by atoms with Crippen molar-refractivity contribution in [2.75, 3.05) is 0 Å². The summed E-state index contributed by atoms with van der Waals surface area (Å²) in [6.07, 6.45) is 1.49. The predicted octanol–water partition coefficient (Wildman–Crippen LogP) is 3.07. The van der Waals surface area contributed by atoms with Gasteiger partial charge in [0.25, 0.3) is 18.3 Å². The Morgan fingerprint density at radius 2 is 1.44 bits per heavy atom. The molecule has 1 saturated carbocycles. The molecule has 1 fully saturated rings. The monoisotopic (exact) mass is 341 g/mol. The second kappa shape index (κ2) is 6.84. The Kier molecular flexibility index (Phi) is 4.61. The Labute approximate surface area is 143 Å². The molecule has 0 spiro atoms. The van der Waals surface area contributed by atoms with Gasteiger partial charge in [-0.25, -0.2) is 4.39 Å². The van der Waals surface area contributed by atoms with E-state index in [0.29, 0.717) is 11.1 Å². The van der Waals surface area contributed by atoms with Crippen molar-refractivity contribution in [1.29, 1.82) is 0 Å². The Morgan fingerprint density at radius 1 is 0.960 bits per heavy atom. The standard InChI is InChI=1S/C18H14FNO2.CH2O2/c19-13-7-5-11(6-8-13)12-9-14(10-12)20-17(21)15-3-1-2-4-16(15)18(20)22;2-1-3/h1-8,12,14H,9-10H2;1H,(H,2,3). The largest absolute Gasteiger partial charge is 0.483 e. The first kappa shape index (κ1) is 16.8. The van der Waals surface area contributed by atoms with Gasteiger partial charge in [-0.15, -0.1) is 0 Å². The topological polar surface area (TPSA) is 74.7 Å². The highest BCUT2D eigenvalue weighted by Gasteiger charge is 2.45. The molecule has 1 aliphatic carbocycles. The molecule has 25 heavy (non-hydrogen) atoms. The molecule has 0 atom stereocenters. The van der Waals surface area contributed by atoms with E-state index in [9.17, 15) is 14.0 Å². The highest BCUT2D eigenvalue weighted by atomic mass is 19.1. The van der Waals surface area contributed by atoms with Crippen LogP contribution in [0.2, 0.25) is 0 Å². The fourth-order valence-electron chi connectivity index (χ4n) is 3.35. The second-order valence-corrected chi connectivity index (χ2v) is 6.01. The lowest BCUT2D eigenvalue weighted by molar-refractivity contribution is -0.122. The first-order chi connectivity index (χ1) is 12.1. The highest BCUT2D eigenvalue weighted by molar-refractivity contribution is 6.21. The Bertz CT molecular complexity index is 777. The molecule has 6 heteroatoms. The summed E-state index contributed by atoms with van der Waals surface area (Å²) < 4.78 is 13.0. The zero-order valence-electron chi connectivity index (χ0n) is 13.3. The number of hydrogen-bond donors (Lipinski definition) is 1. The molecule has 128 valence electrons. The van der Waals surface area contributed by atoms with Gasteiger partial charge in [-0.05, 0) is 48.6 Å². The van der Waals surface area contributed by atoms with Crippen molar-refractivity contribution in [3.05, 3.63) is 71.0 Å². The minimum atomic E-state index is -0.250. The fraction of sp³-hybridized carbons (Fsp3) is 0.211. The van der Waals surface area contributed by atoms with E-state index < -0.39 is 0 Å². The molecule has 5 nitrogen and oxygen atoms in total. The number of amides is 2. The number of carbonyl (C=O) groups excluding carboxylic acids is 2. The van der Waals surface area contributed by atoms with E-state index in [1.807, 2.05) is 0 Å². The van der Waals surface area contributed by atoms with Crippen molar-refractivity contribution < 1.29 is 23.9 Å². The second-order valence-electron chi connectivity index (χ2n) is 6.01. The van der Waals surface area contributed by atoms with Crippen LogP contribution in [0.3, 0.4) is 0 Å². The maximum absolute atomic E-state index is 13.0. The molecule has 2 aliphatic rings. The van der Waals surface area contributed by atoms with Crippen LogP contribution in [-0.4, -0.2) is 34.3 Å². The number of carbonyl (C=O) groups is 3. The summed E-state index contributed by atoms with van der Waals surface area (Å²) in [6.45, 7) is -0.250. The molecule has 2 amide bonds. The lowest BCUT2D eigenvalue weighted by atomic mass is 9.75. The average Bonchev–Trinajstić information content (AvgIpc) is 2.82. The number of benzene rings is 2. The Morgan fingerprint density at radius 3 is 1.92 bits per heavy atom. The Balaban J connectivity index is 0.000000569. The van der Waals surface area contributed by atoms with E-state index >= 15 is 0 Å². The SMILES string of the molecule is O=C1c2ccccc2C(=O)N1C1CC(c2ccc(F)cc2)C1.O=CO. The number of nitrogens with zero attached hydrogens (tertiary/aromatic N) is 1. The first-order valence-corrected chi connectivity index (χ1v) is 7.87. The molecule has 4 rings (SSSR count). The molecular weight excluding hydrogens is 325 g/mol. The minimum Gasteiger partial charge on any atom is -0.483 e. The molecular formula is C19H16FNO4. The maximum Gasteiger partial charge on any atom is 0.290 e. The highest BCUT2D eigenvalue weighted by Crippen LogP contribution is 2.42. The van der Waals surface area contributed by atoms with Crippen LogP contribution in [0.1, 0.15) is 45.0 Å². The number of imide groups is 1. The van der Waals surface area contributed by atoms with Crippen LogP contribution in [0.5, 0.6) is 0 Å². The summed E-state index contributed by atoms with van der Waals surface area (Å²) in [4.78, 5) is 34.5. The van der Waals surface area contributed by atoms with Crippen LogP contribution in [0.15, 0.2) is 48.5 Å². The van der Waals surface area contributed by atoms with E-state index in [2.05, 4.69) is 0 Å². The number of hydrogen-bond acceptors (Lipinski definition) is 3. The van der Waals surface area contributed by atoms with E-state index in [0.717, 1.165) is 18.4 Å². The van der Waals surface area contributed by atoms with Crippen molar-refractivity contribution in [2.24, 2.45) is 0 Å². The van der Waals surface area contributed by atoms with Gasteiger partial charge in [-0.2, -0.15) is 0 Å². The summed E-state index contributed by atoms with van der Waals surface area (Å²) >= 11 is 0. The third-order valence-corrected chi connectivity index (χ3v) is 4.65. The van der Waals surface area contributed by atoms with Crippen LogP contribution in [0.4, 0.5) is 4.39 Å². The molecule has 2 aromatic carbocycles. The zero-order chi connectivity index (χ0) is 18.0. The summed E-state index contributed by atoms with van der Waals surface area (Å²) in [5, 5.41) is 6.89. The third-order valence-electron chi connectivity index (χ3n) is 4.65. The predicted molar refractivity (Wildman–Crippen MR) is 87.8 cm³/mol. The minimum absolute atomic E-state index is 0.0533. The molecule has 0 saturated heterocycles. The summed E-state index contributed by atoms with van der Waals surface area (Å²) in [7, 11) is 0. The lowest BCUT2D eigenvalue weighted by Gasteiger charge is -2.40. The van der Waals surface area contributed by atoms with Crippen LogP contribution in [0.25, 0.3) is 0 Å². The van der Waals surface area contributed by atoms with Gasteiger partial charge in [0.15, 0.2) is 0 Å². The summed E-state index contributed by atoms with van der Waals surface area (Å²) in [5.74, 6) is -0.346. The van der Waals surface area contributed by atoms with E-state index in [1.54, 1.807) is 36.4 Å². The van der Waals surface area contributed by atoms with Crippen molar-refractivity contribution in [2.45, 2.75) is 24.8 Å². The van der Waals surface area contributed by atoms with Gasteiger partial charge in [0.2, 0.25) is 0 Å². The quantitative estimate of drug-likeness (QED) is 0.673. The molecule has 2 aromatic rings. The number of halogens is 1. The van der Waals surface area contributed by atoms with E-state index in [4.69, 9.17) is 9.90 Å². The van der Waals surface area contributed by atoms with Crippen LogP contribution >= 0.6 is 0 Å². The number of rotatable bonds is 2. The first-order valence-electron chi connectivity index (χ1n) is 7.87. The van der Waals surface area contributed by atoms with Gasteiger partial charge in [-0.3, -0.25) is 19.3 Å².